The van der Waals surface area contributed by atoms with Gasteiger partial charge in [-0.15, -0.1) is 0 Å². The maximum atomic E-state index is 17.5. The average molecular weight is 639 g/mol. The van der Waals surface area contributed by atoms with Crippen LogP contribution in [0, 0.1) is 5.92 Å². The fourth-order valence-corrected chi connectivity index (χ4v) is 10.9. The number of aromatic nitrogens is 4. The standard InChI is InChI=1S/C29H51FN6O5Si2/c1-13-29(30)23(41-42(17(4)5)18(6)7)21(14-39-43(38,19(8)9)20(10)11)40-27(29)36-15-32-22-24(31-12)33-28(34-25(22)36)35-26(37)16(2)3/h13,15-21,23,27,38,42H,1,14H2,2-12H3,(H2,31,33,34,35,37)/t21-,23?,27-,29-/m1/s1. The number of nitrogens with one attached hydrogen (secondary N) is 2. The number of ether oxygens (including phenoxy) is 1. The zero-order chi connectivity index (χ0) is 32.4. The third-order valence-corrected chi connectivity index (χ3v) is 15.4. The Hall–Kier alpha value is -2.24. The molecule has 0 spiro atoms. The molecule has 3 N–H and O–H groups in total. The van der Waals surface area contributed by atoms with Gasteiger partial charge >= 0.3 is 8.56 Å². The normalized spacial score (nSPS) is 23.1. The van der Waals surface area contributed by atoms with Gasteiger partial charge in [0.25, 0.3) is 0 Å². The summed E-state index contributed by atoms with van der Waals surface area (Å²) in [7, 11) is -3.46. The Balaban J connectivity index is 2.14. The van der Waals surface area contributed by atoms with Crippen LogP contribution in [0.1, 0.15) is 75.5 Å². The van der Waals surface area contributed by atoms with Crippen molar-refractivity contribution in [3.63, 3.8) is 0 Å². The number of carbonyl (C=O) groups is 1. The van der Waals surface area contributed by atoms with E-state index < -0.39 is 41.7 Å². The predicted octanol–water partition coefficient (Wildman–Crippen LogP) is 5.45. The minimum absolute atomic E-state index is 0.0455. The first-order valence-electron chi connectivity index (χ1n) is 15.2. The molecule has 3 heterocycles. The quantitative estimate of drug-likeness (QED) is 0.182. The number of hydrogen-bond donors (Lipinski definition) is 3. The van der Waals surface area contributed by atoms with Crippen LogP contribution in [0.25, 0.3) is 11.2 Å². The van der Waals surface area contributed by atoms with Crippen LogP contribution >= 0.6 is 0 Å². The Morgan fingerprint density at radius 2 is 1.79 bits per heavy atom. The molecular formula is C29H51FN6O5Si2. The van der Waals surface area contributed by atoms with Crippen molar-refractivity contribution < 1.29 is 27.6 Å². The molecule has 0 aromatic carbocycles. The topological polar surface area (TPSA) is 133 Å². The summed E-state index contributed by atoms with van der Waals surface area (Å²) < 4.78 is 38.5. The number of amides is 1. The van der Waals surface area contributed by atoms with E-state index in [0.717, 1.165) is 0 Å². The van der Waals surface area contributed by atoms with E-state index in [0.29, 0.717) is 11.3 Å². The second-order valence-corrected chi connectivity index (χ2v) is 21.0. The summed E-state index contributed by atoms with van der Waals surface area (Å²) >= 11 is 0. The minimum Gasteiger partial charge on any atom is -0.410 e. The molecule has 1 aliphatic rings. The van der Waals surface area contributed by atoms with Crippen molar-refractivity contribution in [1.29, 1.82) is 0 Å². The number of imidazole rings is 1. The highest BCUT2D eigenvalue weighted by molar-refractivity contribution is 6.68. The molecule has 0 bridgehead atoms. The largest absolute Gasteiger partial charge is 0.410 e. The van der Waals surface area contributed by atoms with Gasteiger partial charge in [0.05, 0.1) is 12.9 Å². The Kier molecular flexibility index (Phi) is 11.3. The van der Waals surface area contributed by atoms with Crippen molar-refractivity contribution in [2.24, 2.45) is 5.92 Å². The zero-order valence-electron chi connectivity index (χ0n) is 27.5. The summed E-state index contributed by atoms with van der Waals surface area (Å²) in [4.78, 5) is 37.4. The summed E-state index contributed by atoms with van der Waals surface area (Å²) in [6, 6.07) is 0. The van der Waals surface area contributed by atoms with Crippen molar-refractivity contribution in [1.82, 2.24) is 19.5 Å². The van der Waals surface area contributed by atoms with Crippen LogP contribution in [0.4, 0.5) is 16.2 Å². The van der Waals surface area contributed by atoms with Gasteiger partial charge in [0.2, 0.25) is 17.5 Å². The van der Waals surface area contributed by atoms with E-state index in [9.17, 15) is 9.59 Å². The van der Waals surface area contributed by atoms with Gasteiger partial charge in [-0.05, 0) is 28.2 Å². The molecule has 3 rings (SSSR count). The van der Waals surface area contributed by atoms with Gasteiger partial charge in [0.15, 0.2) is 32.2 Å². The molecule has 1 amide bonds. The first kappa shape index (κ1) is 35.2. The molecule has 4 atom stereocenters. The lowest BCUT2D eigenvalue weighted by Gasteiger charge is -2.36. The van der Waals surface area contributed by atoms with Gasteiger partial charge in [0.1, 0.15) is 12.2 Å². The monoisotopic (exact) mass is 638 g/mol. The number of hydrogen-bond acceptors (Lipinski definition) is 9. The second kappa shape index (κ2) is 13.8. The highest BCUT2D eigenvalue weighted by atomic mass is 28.4. The maximum Gasteiger partial charge on any atom is 0.340 e. The highest BCUT2D eigenvalue weighted by Gasteiger charge is 2.59. The SMILES string of the molecule is C=C[C@@]1(F)C(O[SiH](C(C)C)C(C)C)[C@@H](CO[Si](O)(C(C)C)C(C)C)O[C@H]1n1cnc2c(NC)nc(NC(=O)C(C)C)nc21. The minimum atomic E-state index is -3.18. The Bertz CT molecular complexity index is 1260. The molecule has 1 unspecified atom stereocenters. The third-order valence-electron chi connectivity index (χ3n) is 8.19. The lowest BCUT2D eigenvalue weighted by Crippen LogP contribution is -2.51. The first-order chi connectivity index (χ1) is 20.0. The number of rotatable bonds is 14. The lowest BCUT2D eigenvalue weighted by molar-refractivity contribution is -0.118. The van der Waals surface area contributed by atoms with Crippen LogP contribution in [0.2, 0.25) is 22.2 Å². The van der Waals surface area contributed by atoms with Crippen molar-refractivity contribution in [2.45, 2.75) is 116 Å². The number of alkyl halides is 1. The van der Waals surface area contributed by atoms with Crippen LogP contribution in [-0.4, -0.2) is 79.4 Å². The van der Waals surface area contributed by atoms with Gasteiger partial charge in [-0.1, -0.05) is 75.8 Å². The Labute approximate surface area is 258 Å². The van der Waals surface area contributed by atoms with Crippen LogP contribution in [0.5, 0.6) is 0 Å². The smallest absolute Gasteiger partial charge is 0.340 e. The third kappa shape index (κ3) is 7.04. The summed E-state index contributed by atoms with van der Waals surface area (Å²) in [5.74, 6) is -0.126. The van der Waals surface area contributed by atoms with Gasteiger partial charge in [-0.2, -0.15) is 9.97 Å². The number of carbonyl (C=O) groups excluding carboxylic acids is 1. The van der Waals surface area contributed by atoms with Gasteiger partial charge in [0, 0.05) is 13.0 Å². The van der Waals surface area contributed by atoms with E-state index in [-0.39, 0.29) is 52.2 Å². The molecule has 242 valence electrons. The summed E-state index contributed by atoms with van der Waals surface area (Å²) in [5.41, 5.74) is -1.24. The molecule has 1 saturated heterocycles. The summed E-state index contributed by atoms with van der Waals surface area (Å²) in [6.07, 6.45) is -0.471. The second-order valence-electron chi connectivity index (χ2n) is 13.1. The van der Waals surface area contributed by atoms with Crippen molar-refractivity contribution in [3.8, 4) is 0 Å². The number of anilines is 2. The molecule has 2 aromatic rings. The van der Waals surface area contributed by atoms with Crippen LogP contribution in [0.15, 0.2) is 19.0 Å². The van der Waals surface area contributed by atoms with Crippen LogP contribution in [-0.2, 0) is 18.4 Å². The zero-order valence-corrected chi connectivity index (χ0v) is 29.7. The fourth-order valence-electron chi connectivity index (χ4n) is 5.62. The lowest BCUT2D eigenvalue weighted by atomic mass is 9.96. The first-order valence-corrected chi connectivity index (χ1v) is 19.1. The van der Waals surface area contributed by atoms with Crippen LogP contribution in [0.3, 0.4) is 0 Å². The highest BCUT2D eigenvalue weighted by Crippen LogP contribution is 2.47. The maximum absolute atomic E-state index is 17.5. The van der Waals surface area contributed by atoms with Gasteiger partial charge < -0.3 is 23.7 Å². The molecule has 11 nitrogen and oxygen atoms in total. The number of fused-ring (bicyclic) bond motifs is 1. The molecule has 14 heteroatoms. The van der Waals surface area contributed by atoms with E-state index in [1.165, 1.54) is 17.0 Å². The molecule has 1 aliphatic heterocycles. The molecule has 0 saturated carbocycles. The van der Waals surface area contributed by atoms with E-state index in [4.69, 9.17) is 13.6 Å². The predicted molar refractivity (Wildman–Crippen MR) is 173 cm³/mol. The van der Waals surface area contributed by atoms with Crippen LogP contribution < -0.4 is 10.6 Å². The number of nitrogens with zero attached hydrogens (tertiary/aromatic N) is 4. The van der Waals surface area contributed by atoms with E-state index >= 15 is 4.39 Å². The van der Waals surface area contributed by atoms with E-state index in [1.54, 1.807) is 20.9 Å². The van der Waals surface area contributed by atoms with E-state index in [2.05, 4.69) is 59.9 Å². The average Bonchev–Trinajstić information content (AvgIpc) is 3.47. The van der Waals surface area contributed by atoms with Gasteiger partial charge in [-0.3, -0.25) is 14.7 Å². The van der Waals surface area contributed by atoms with Crippen molar-refractivity contribution >= 4 is 46.4 Å². The molecule has 43 heavy (non-hydrogen) atoms. The summed E-state index contributed by atoms with van der Waals surface area (Å²) in [5, 5.41) is 5.70. The summed E-state index contributed by atoms with van der Waals surface area (Å²) in [6.45, 7) is 23.5. The Morgan fingerprint density at radius 1 is 1.19 bits per heavy atom. The van der Waals surface area contributed by atoms with E-state index in [1.807, 2.05) is 27.7 Å². The Morgan fingerprint density at radius 3 is 2.28 bits per heavy atom. The van der Waals surface area contributed by atoms with Crippen molar-refractivity contribution in [2.75, 3.05) is 24.3 Å². The molecule has 0 radical (unpaired) electrons. The molecule has 1 fully saturated rings. The molecular weight excluding hydrogens is 588 g/mol. The molecule has 0 aliphatic carbocycles. The van der Waals surface area contributed by atoms with Crippen molar-refractivity contribution in [3.05, 3.63) is 19.0 Å². The number of halogens is 1. The van der Waals surface area contributed by atoms with Gasteiger partial charge in [-0.25, -0.2) is 9.37 Å². The molecule has 2 aromatic heterocycles. The fraction of sp³-hybridized carbons (Fsp3) is 0.724.